The number of rotatable bonds is 13. The molecule has 0 saturated heterocycles. The number of carbonyl (C=O) groups is 1. The number of nitrogens with two attached hydrogens (primary N) is 1. The van der Waals surface area contributed by atoms with Gasteiger partial charge in [-0.3, -0.25) is 4.79 Å². The molecule has 0 bridgehead atoms. The van der Waals surface area contributed by atoms with Gasteiger partial charge in [0.2, 0.25) is 0 Å². The Balaban J connectivity index is 1.39. The molecule has 1 unspecified atom stereocenters. The van der Waals surface area contributed by atoms with Crippen molar-refractivity contribution in [3.05, 3.63) is 83.5 Å². The van der Waals surface area contributed by atoms with E-state index in [1.54, 1.807) is 12.5 Å². The molecule has 0 fully saturated rings. The minimum atomic E-state index is -2.07. The SMILES string of the molecule is CC(C)(C)[Si](C)(C)OC(CCCn1ccc2ccc(OCCCc3ccc(Cl)cc3)cc21)n1cnc(C(N)=O)c1. The molecule has 0 aliphatic heterocycles. The van der Waals surface area contributed by atoms with Gasteiger partial charge in [-0.25, -0.2) is 4.98 Å². The number of hydrogen-bond donors (Lipinski definition) is 1. The van der Waals surface area contributed by atoms with E-state index in [2.05, 4.69) is 79.9 Å². The van der Waals surface area contributed by atoms with Crippen molar-refractivity contribution < 1.29 is 14.0 Å². The molecule has 1 amide bonds. The van der Waals surface area contributed by atoms with E-state index in [-0.39, 0.29) is 17.0 Å². The molecular formula is C31H41ClN4O3Si. The molecule has 9 heteroatoms. The second-order valence-electron chi connectivity index (χ2n) is 11.9. The fourth-order valence-corrected chi connectivity index (χ4v) is 5.81. The minimum absolute atomic E-state index is 0.0558. The van der Waals surface area contributed by atoms with Gasteiger partial charge in [0.25, 0.3) is 5.91 Å². The van der Waals surface area contributed by atoms with E-state index >= 15 is 0 Å². The van der Waals surface area contributed by atoms with Crippen molar-refractivity contribution in [3.8, 4) is 5.75 Å². The molecule has 0 aliphatic rings. The van der Waals surface area contributed by atoms with E-state index in [9.17, 15) is 4.79 Å². The van der Waals surface area contributed by atoms with Gasteiger partial charge in [0.15, 0.2) is 8.32 Å². The van der Waals surface area contributed by atoms with Crippen molar-refractivity contribution in [2.75, 3.05) is 6.61 Å². The monoisotopic (exact) mass is 580 g/mol. The summed E-state index contributed by atoms with van der Waals surface area (Å²) >= 11 is 5.98. The second-order valence-corrected chi connectivity index (χ2v) is 17.0. The summed E-state index contributed by atoms with van der Waals surface area (Å²) < 4.78 is 17.0. The van der Waals surface area contributed by atoms with E-state index in [1.165, 1.54) is 10.9 Å². The fourth-order valence-electron chi connectivity index (χ4n) is 4.41. The number of ether oxygens (including phenoxy) is 1. The van der Waals surface area contributed by atoms with Crippen molar-refractivity contribution >= 4 is 36.7 Å². The average molecular weight is 581 g/mol. The maximum absolute atomic E-state index is 11.7. The summed E-state index contributed by atoms with van der Waals surface area (Å²) in [6.45, 7) is 12.6. The third-order valence-electron chi connectivity index (χ3n) is 7.81. The molecule has 0 radical (unpaired) electrons. The first-order valence-electron chi connectivity index (χ1n) is 13.9. The van der Waals surface area contributed by atoms with E-state index < -0.39 is 14.2 Å². The van der Waals surface area contributed by atoms with Gasteiger partial charge in [-0.1, -0.05) is 44.5 Å². The Morgan fingerprint density at radius 2 is 1.85 bits per heavy atom. The van der Waals surface area contributed by atoms with Crippen LogP contribution in [-0.2, 0) is 17.4 Å². The number of benzene rings is 2. The Morgan fingerprint density at radius 3 is 2.52 bits per heavy atom. The Morgan fingerprint density at radius 1 is 1.10 bits per heavy atom. The number of halogens is 1. The topological polar surface area (TPSA) is 84.3 Å². The first-order chi connectivity index (χ1) is 18.9. The molecule has 2 heterocycles. The van der Waals surface area contributed by atoms with Crippen LogP contribution in [0.3, 0.4) is 0 Å². The molecule has 2 aromatic carbocycles. The van der Waals surface area contributed by atoms with E-state index in [0.717, 1.165) is 48.5 Å². The van der Waals surface area contributed by atoms with Gasteiger partial charge in [0, 0.05) is 30.0 Å². The number of carbonyl (C=O) groups excluding carboxylic acids is 1. The summed E-state index contributed by atoms with van der Waals surface area (Å²) in [6.07, 6.45) is 8.81. The molecule has 0 aliphatic carbocycles. The van der Waals surface area contributed by atoms with Crippen LogP contribution in [0.15, 0.2) is 67.3 Å². The van der Waals surface area contributed by atoms with Crippen LogP contribution in [0.5, 0.6) is 5.75 Å². The van der Waals surface area contributed by atoms with Crippen LogP contribution in [0.2, 0.25) is 23.2 Å². The molecule has 0 spiro atoms. The van der Waals surface area contributed by atoms with Gasteiger partial charge >= 0.3 is 0 Å². The maximum Gasteiger partial charge on any atom is 0.268 e. The highest BCUT2D eigenvalue weighted by Crippen LogP contribution is 2.39. The van der Waals surface area contributed by atoms with Gasteiger partial charge in [-0.15, -0.1) is 0 Å². The van der Waals surface area contributed by atoms with Crippen LogP contribution in [0.25, 0.3) is 10.9 Å². The first kappa shape index (κ1) is 29.9. The lowest BCUT2D eigenvalue weighted by atomic mass is 10.1. The van der Waals surface area contributed by atoms with Gasteiger partial charge < -0.3 is 24.0 Å². The lowest BCUT2D eigenvalue weighted by molar-refractivity contribution is 0.0984. The number of aromatic nitrogens is 3. The van der Waals surface area contributed by atoms with Crippen LogP contribution >= 0.6 is 11.6 Å². The molecule has 40 heavy (non-hydrogen) atoms. The summed E-state index contributed by atoms with van der Waals surface area (Å²) in [7, 11) is -2.07. The summed E-state index contributed by atoms with van der Waals surface area (Å²) in [5, 5.41) is 2.00. The minimum Gasteiger partial charge on any atom is -0.494 e. The Hall–Kier alpha value is -3.07. The van der Waals surface area contributed by atoms with Crippen molar-refractivity contribution in [1.29, 1.82) is 0 Å². The molecule has 4 aromatic rings. The van der Waals surface area contributed by atoms with Crippen molar-refractivity contribution in [3.63, 3.8) is 0 Å². The van der Waals surface area contributed by atoms with Gasteiger partial charge in [-0.2, -0.15) is 0 Å². The fraction of sp³-hybridized carbons (Fsp3) is 0.419. The van der Waals surface area contributed by atoms with Crippen molar-refractivity contribution in [1.82, 2.24) is 14.1 Å². The molecule has 2 N–H and O–H groups in total. The zero-order chi connectivity index (χ0) is 28.9. The van der Waals surface area contributed by atoms with Gasteiger partial charge in [-0.05, 0) is 85.1 Å². The molecule has 214 valence electrons. The van der Waals surface area contributed by atoms with Crippen LogP contribution in [-0.4, -0.2) is 34.9 Å². The zero-order valence-corrected chi connectivity index (χ0v) is 25.9. The van der Waals surface area contributed by atoms with E-state index in [1.807, 2.05) is 22.8 Å². The Labute approximate surface area is 243 Å². The smallest absolute Gasteiger partial charge is 0.268 e. The van der Waals surface area contributed by atoms with Crippen LogP contribution in [0, 0.1) is 0 Å². The van der Waals surface area contributed by atoms with Crippen molar-refractivity contribution in [2.45, 2.75) is 77.4 Å². The largest absolute Gasteiger partial charge is 0.494 e. The molecular weight excluding hydrogens is 540 g/mol. The molecule has 4 rings (SSSR count). The van der Waals surface area contributed by atoms with Gasteiger partial charge in [0.05, 0.1) is 18.5 Å². The predicted octanol–water partition coefficient (Wildman–Crippen LogP) is 7.60. The first-order valence-corrected chi connectivity index (χ1v) is 17.2. The predicted molar refractivity (Wildman–Crippen MR) is 165 cm³/mol. The summed E-state index contributed by atoms with van der Waals surface area (Å²) in [5.74, 6) is 0.340. The van der Waals surface area contributed by atoms with E-state index in [4.69, 9.17) is 26.5 Å². The highest BCUT2D eigenvalue weighted by Gasteiger charge is 2.39. The number of imidazole rings is 1. The number of aryl methyl sites for hydroxylation is 2. The normalized spacial score (nSPS) is 13.1. The van der Waals surface area contributed by atoms with Crippen LogP contribution < -0.4 is 10.5 Å². The van der Waals surface area contributed by atoms with Crippen molar-refractivity contribution in [2.24, 2.45) is 5.73 Å². The zero-order valence-electron chi connectivity index (χ0n) is 24.2. The standard InChI is InChI=1S/C31H41ClN4O3Si/c1-31(2,3)40(4,5)39-29(36-21-27(30(33)37)34-22-36)9-6-17-35-18-16-24-12-15-26(20-28(24)35)38-19-7-8-23-10-13-25(32)14-11-23/h10-16,18,20-22,29H,6-9,17,19H2,1-5H3,(H2,33,37). The lowest BCUT2D eigenvalue weighted by Gasteiger charge is -2.39. The third-order valence-corrected chi connectivity index (χ3v) is 12.5. The molecule has 0 saturated carbocycles. The third kappa shape index (κ3) is 7.56. The molecule has 1 atom stereocenters. The van der Waals surface area contributed by atoms with Crippen LogP contribution in [0.4, 0.5) is 0 Å². The second kappa shape index (κ2) is 12.6. The Kier molecular flexibility index (Phi) is 9.43. The quantitative estimate of drug-likeness (QED) is 0.130. The number of nitrogens with zero attached hydrogens (tertiary/aromatic N) is 3. The number of amides is 1. The number of hydrogen-bond acceptors (Lipinski definition) is 4. The highest BCUT2D eigenvalue weighted by molar-refractivity contribution is 6.74. The van der Waals surface area contributed by atoms with Gasteiger partial charge in [0.1, 0.15) is 17.7 Å². The maximum atomic E-state index is 11.7. The molecule has 2 aromatic heterocycles. The number of fused-ring (bicyclic) bond motifs is 1. The summed E-state index contributed by atoms with van der Waals surface area (Å²) in [4.78, 5) is 15.8. The molecule has 7 nitrogen and oxygen atoms in total. The Bertz CT molecular complexity index is 1420. The summed E-state index contributed by atoms with van der Waals surface area (Å²) in [5.41, 5.74) is 8.12. The number of primary amides is 1. The van der Waals surface area contributed by atoms with E-state index in [0.29, 0.717) is 6.61 Å². The lowest BCUT2D eigenvalue weighted by Crippen LogP contribution is -2.42. The van der Waals surface area contributed by atoms with Crippen LogP contribution in [0.1, 0.15) is 62.3 Å². The highest BCUT2D eigenvalue weighted by atomic mass is 35.5. The average Bonchev–Trinajstić information content (AvgIpc) is 3.54. The summed E-state index contributed by atoms with van der Waals surface area (Å²) in [6, 6.07) is 16.4.